The molecule has 1 aromatic carbocycles. The maximum atomic E-state index is 11.2. The van der Waals surface area contributed by atoms with E-state index >= 15 is 0 Å². The van der Waals surface area contributed by atoms with Crippen LogP contribution < -0.4 is 14.8 Å². The molecule has 2 atom stereocenters. The standard InChI is InChI=1S/C13H17NO4.ClH/c1-17-11-4-3-8(5-12(11)18-2)9-6-14-7-10(9)13(15)16;/h3-5,9-10,14H,6-7H2,1-2H3,(H,15,16);1H/t9-,10+;/m0./s1. The van der Waals surface area contributed by atoms with Gasteiger partial charge in [0, 0.05) is 19.0 Å². The second kappa shape index (κ2) is 6.63. The Bertz CT molecular complexity index is 452. The molecule has 2 rings (SSSR count). The lowest BCUT2D eigenvalue weighted by Crippen LogP contribution is -2.21. The van der Waals surface area contributed by atoms with Gasteiger partial charge in [-0.1, -0.05) is 6.07 Å². The van der Waals surface area contributed by atoms with Crippen molar-refractivity contribution in [2.75, 3.05) is 27.3 Å². The van der Waals surface area contributed by atoms with Crippen molar-refractivity contribution >= 4 is 18.4 Å². The van der Waals surface area contributed by atoms with Crippen LogP contribution in [0.15, 0.2) is 18.2 Å². The molecule has 0 radical (unpaired) electrons. The van der Waals surface area contributed by atoms with E-state index in [2.05, 4.69) is 5.32 Å². The molecule has 2 N–H and O–H groups in total. The molecule has 0 bridgehead atoms. The van der Waals surface area contributed by atoms with E-state index in [1.165, 1.54) is 0 Å². The van der Waals surface area contributed by atoms with Gasteiger partial charge in [0.2, 0.25) is 0 Å². The Labute approximate surface area is 118 Å². The summed E-state index contributed by atoms with van der Waals surface area (Å²) in [4.78, 5) is 11.2. The average molecular weight is 288 g/mol. The second-order valence-corrected chi connectivity index (χ2v) is 4.32. The molecule has 0 aromatic heterocycles. The predicted molar refractivity (Wildman–Crippen MR) is 73.5 cm³/mol. The molecule has 0 spiro atoms. The van der Waals surface area contributed by atoms with Crippen molar-refractivity contribution in [2.24, 2.45) is 5.92 Å². The Morgan fingerprint density at radius 1 is 1.26 bits per heavy atom. The molecule has 0 saturated carbocycles. The summed E-state index contributed by atoms with van der Waals surface area (Å²) >= 11 is 0. The third kappa shape index (κ3) is 3.11. The van der Waals surface area contributed by atoms with Crippen molar-refractivity contribution in [3.63, 3.8) is 0 Å². The van der Waals surface area contributed by atoms with Crippen molar-refractivity contribution in [3.05, 3.63) is 23.8 Å². The van der Waals surface area contributed by atoms with Crippen molar-refractivity contribution in [1.29, 1.82) is 0 Å². The van der Waals surface area contributed by atoms with Gasteiger partial charge in [0.05, 0.1) is 20.1 Å². The van der Waals surface area contributed by atoms with Crippen LogP contribution in [0.5, 0.6) is 11.5 Å². The summed E-state index contributed by atoms with van der Waals surface area (Å²) in [6, 6.07) is 5.56. The minimum absolute atomic E-state index is 0. The van der Waals surface area contributed by atoms with Crippen LogP contribution in [0.1, 0.15) is 11.5 Å². The molecule has 0 amide bonds. The Morgan fingerprint density at radius 2 is 1.95 bits per heavy atom. The lowest BCUT2D eigenvalue weighted by Gasteiger charge is -2.17. The average Bonchev–Trinajstić information content (AvgIpc) is 2.87. The molecule has 1 aromatic rings. The number of hydrogen-bond donors (Lipinski definition) is 2. The number of rotatable bonds is 4. The van der Waals surface area contributed by atoms with Crippen LogP contribution >= 0.6 is 12.4 Å². The summed E-state index contributed by atoms with van der Waals surface area (Å²) in [5, 5.41) is 12.3. The van der Waals surface area contributed by atoms with Gasteiger partial charge in [-0.05, 0) is 17.7 Å². The van der Waals surface area contributed by atoms with Gasteiger partial charge in [0.25, 0.3) is 0 Å². The molecule has 1 aliphatic heterocycles. The lowest BCUT2D eigenvalue weighted by molar-refractivity contribution is -0.141. The molecule has 1 aliphatic rings. The number of nitrogens with one attached hydrogen (secondary N) is 1. The molecule has 1 saturated heterocycles. The van der Waals surface area contributed by atoms with Gasteiger partial charge in [0.15, 0.2) is 11.5 Å². The molecule has 106 valence electrons. The van der Waals surface area contributed by atoms with Crippen LogP contribution in [0.3, 0.4) is 0 Å². The van der Waals surface area contributed by atoms with E-state index in [4.69, 9.17) is 9.47 Å². The smallest absolute Gasteiger partial charge is 0.308 e. The highest BCUT2D eigenvalue weighted by molar-refractivity contribution is 5.85. The first-order chi connectivity index (χ1) is 8.67. The number of methoxy groups -OCH3 is 2. The zero-order valence-corrected chi connectivity index (χ0v) is 11.7. The first-order valence-electron chi connectivity index (χ1n) is 5.82. The highest BCUT2D eigenvalue weighted by Gasteiger charge is 2.34. The zero-order valence-electron chi connectivity index (χ0n) is 10.9. The van der Waals surface area contributed by atoms with Gasteiger partial charge in [0.1, 0.15) is 0 Å². The number of carboxylic acid groups (broad SMARTS) is 1. The molecule has 0 unspecified atom stereocenters. The molecule has 6 heteroatoms. The fourth-order valence-corrected chi connectivity index (χ4v) is 2.37. The zero-order chi connectivity index (χ0) is 13.1. The van der Waals surface area contributed by atoms with Crippen LogP contribution in [0, 0.1) is 5.92 Å². The van der Waals surface area contributed by atoms with Gasteiger partial charge in [-0.25, -0.2) is 0 Å². The minimum Gasteiger partial charge on any atom is -0.493 e. The van der Waals surface area contributed by atoms with Gasteiger partial charge in [-0.3, -0.25) is 4.79 Å². The fourth-order valence-electron chi connectivity index (χ4n) is 2.37. The van der Waals surface area contributed by atoms with Gasteiger partial charge < -0.3 is 19.9 Å². The summed E-state index contributed by atoms with van der Waals surface area (Å²) in [6.45, 7) is 1.18. The maximum Gasteiger partial charge on any atom is 0.308 e. The Morgan fingerprint density at radius 3 is 2.53 bits per heavy atom. The monoisotopic (exact) mass is 287 g/mol. The van der Waals surface area contributed by atoms with Crippen molar-refractivity contribution in [3.8, 4) is 11.5 Å². The van der Waals surface area contributed by atoms with Gasteiger partial charge in [-0.2, -0.15) is 0 Å². The van der Waals surface area contributed by atoms with Crippen LogP contribution in [-0.2, 0) is 4.79 Å². The minimum atomic E-state index is -0.764. The van der Waals surface area contributed by atoms with Crippen LogP contribution in [0.4, 0.5) is 0 Å². The quantitative estimate of drug-likeness (QED) is 0.879. The first kappa shape index (κ1) is 15.6. The third-order valence-corrected chi connectivity index (χ3v) is 3.37. The lowest BCUT2D eigenvalue weighted by atomic mass is 9.89. The first-order valence-corrected chi connectivity index (χ1v) is 5.82. The number of aliphatic carboxylic acids is 1. The number of halogens is 1. The summed E-state index contributed by atoms with van der Waals surface area (Å²) in [5.41, 5.74) is 0.963. The molecule has 5 nitrogen and oxygen atoms in total. The van der Waals surface area contributed by atoms with E-state index in [0.717, 1.165) is 5.56 Å². The summed E-state index contributed by atoms with van der Waals surface area (Å²) < 4.78 is 10.4. The SMILES string of the molecule is COc1ccc([C@@H]2CNC[C@H]2C(=O)O)cc1OC.Cl. The highest BCUT2D eigenvalue weighted by Crippen LogP contribution is 2.34. The van der Waals surface area contributed by atoms with E-state index < -0.39 is 5.97 Å². The largest absolute Gasteiger partial charge is 0.493 e. The van der Waals surface area contributed by atoms with Gasteiger partial charge >= 0.3 is 5.97 Å². The van der Waals surface area contributed by atoms with Crippen LogP contribution in [0.25, 0.3) is 0 Å². The number of benzene rings is 1. The number of hydrogen-bond acceptors (Lipinski definition) is 4. The van der Waals surface area contributed by atoms with E-state index in [-0.39, 0.29) is 24.2 Å². The Kier molecular flexibility index (Phi) is 5.44. The molecular formula is C13H18ClNO4. The molecule has 1 heterocycles. The van der Waals surface area contributed by atoms with Crippen LogP contribution in [0.2, 0.25) is 0 Å². The number of ether oxygens (including phenoxy) is 2. The molecular weight excluding hydrogens is 270 g/mol. The highest BCUT2D eigenvalue weighted by atomic mass is 35.5. The fraction of sp³-hybridized carbons (Fsp3) is 0.462. The second-order valence-electron chi connectivity index (χ2n) is 4.32. The molecule has 19 heavy (non-hydrogen) atoms. The maximum absolute atomic E-state index is 11.2. The molecule has 0 aliphatic carbocycles. The van der Waals surface area contributed by atoms with E-state index in [1.54, 1.807) is 14.2 Å². The normalized spacial score (nSPS) is 21.6. The third-order valence-electron chi connectivity index (χ3n) is 3.37. The van der Waals surface area contributed by atoms with E-state index in [9.17, 15) is 9.90 Å². The van der Waals surface area contributed by atoms with E-state index in [0.29, 0.717) is 24.6 Å². The topological polar surface area (TPSA) is 67.8 Å². The van der Waals surface area contributed by atoms with Crippen molar-refractivity contribution in [2.45, 2.75) is 5.92 Å². The summed E-state index contributed by atoms with van der Waals surface area (Å²) in [7, 11) is 3.15. The Hall–Kier alpha value is -1.46. The van der Waals surface area contributed by atoms with Gasteiger partial charge in [-0.15, -0.1) is 12.4 Å². The predicted octanol–water partition coefficient (Wildman–Crippen LogP) is 1.51. The van der Waals surface area contributed by atoms with Crippen LogP contribution in [-0.4, -0.2) is 38.4 Å². The summed E-state index contributed by atoms with van der Waals surface area (Å²) in [6.07, 6.45) is 0. The Balaban J connectivity index is 0.00000180. The van der Waals surface area contributed by atoms with E-state index in [1.807, 2.05) is 18.2 Å². The number of carboxylic acids is 1. The van der Waals surface area contributed by atoms with Crippen molar-refractivity contribution in [1.82, 2.24) is 5.32 Å². The molecule has 1 fully saturated rings. The van der Waals surface area contributed by atoms with Crippen molar-refractivity contribution < 1.29 is 19.4 Å². The summed E-state index contributed by atoms with van der Waals surface area (Å²) in [5.74, 6) is 0.107. The number of carbonyl (C=O) groups is 1.